The fourth-order valence-electron chi connectivity index (χ4n) is 1.82. The fourth-order valence-corrected chi connectivity index (χ4v) is 2.35. The second kappa shape index (κ2) is 6.60. The molecule has 0 bridgehead atoms. The van der Waals surface area contributed by atoms with Gasteiger partial charge in [-0.2, -0.15) is 0 Å². The Morgan fingerprint density at radius 2 is 1.96 bits per heavy atom. The lowest BCUT2D eigenvalue weighted by molar-refractivity contribution is -0.546. The molecule has 0 heterocycles. The van der Waals surface area contributed by atoms with E-state index in [4.69, 9.17) is 10.2 Å². The largest absolute Gasteiger partial charge is 0.872 e. The highest BCUT2D eigenvalue weighted by Gasteiger charge is 2.20. The van der Waals surface area contributed by atoms with Crippen LogP contribution in [0, 0.1) is 10.1 Å². The summed E-state index contributed by atoms with van der Waals surface area (Å²) >= 11 is 0. The van der Waals surface area contributed by atoms with Crippen molar-refractivity contribution in [3.8, 4) is 11.5 Å². The van der Waals surface area contributed by atoms with Crippen LogP contribution in [0.25, 0.3) is 0 Å². The Labute approximate surface area is 136 Å². The number of primary sulfonamides is 1. The zero-order valence-corrected chi connectivity index (χ0v) is 12.9. The van der Waals surface area contributed by atoms with E-state index in [0.717, 1.165) is 24.3 Å². The smallest absolute Gasteiger partial charge is 0.302 e. The van der Waals surface area contributed by atoms with E-state index < -0.39 is 31.3 Å². The van der Waals surface area contributed by atoms with Crippen LogP contribution in [0.15, 0.2) is 46.4 Å². The van der Waals surface area contributed by atoms with Crippen LogP contribution in [-0.4, -0.2) is 18.4 Å². The summed E-state index contributed by atoms with van der Waals surface area (Å²) in [6.07, 6.45) is 0. The molecule has 2 rings (SSSR count). The molecule has 24 heavy (non-hydrogen) atoms. The number of sulfonamides is 1. The molecule has 0 fully saturated rings. The molecule has 10 nitrogen and oxygen atoms in total. The molecule has 2 aromatic rings. The number of nitro benzene ring substituents is 1. The number of azo groups is 1. The second-order valence-electron chi connectivity index (χ2n) is 4.69. The van der Waals surface area contributed by atoms with E-state index in [9.17, 15) is 23.6 Å². The average molecular weight is 352 g/mol. The number of hydrogen-bond acceptors (Lipinski definition) is 7. The number of rotatable bonds is 5. The molecule has 0 amide bonds. The molecule has 2 aromatic carbocycles. The lowest BCUT2D eigenvalue weighted by Gasteiger charge is -2.08. The number of aromatic hydroxyl groups is 1. The number of phenols is 1. The molecular formula is C13H12N4O6S. The maximum Gasteiger partial charge on any atom is 0.302 e. The number of nitrogens with zero attached hydrogens (tertiary/aromatic N) is 2. The quantitative estimate of drug-likeness (QED) is 0.367. The Morgan fingerprint density at radius 1 is 1.25 bits per heavy atom. The first-order valence-electron chi connectivity index (χ1n) is 6.42. The summed E-state index contributed by atoms with van der Waals surface area (Å²) in [5.74, 6) is -0.591. The summed E-state index contributed by atoms with van der Waals surface area (Å²) in [5, 5.41) is 43.0. The molecule has 11 heteroatoms. The third-order valence-electron chi connectivity index (χ3n) is 2.99. The summed E-state index contributed by atoms with van der Waals surface area (Å²) in [6, 6.07) is 6.75. The Balaban J connectivity index is 2.30. The summed E-state index contributed by atoms with van der Waals surface area (Å²) in [4.78, 5) is 9.82. The lowest BCUT2D eigenvalue weighted by Crippen LogP contribution is -2.63. The third kappa shape index (κ3) is 4.02. The van der Waals surface area contributed by atoms with Crippen LogP contribution in [0.3, 0.4) is 0 Å². The molecule has 0 saturated heterocycles. The minimum atomic E-state index is -4.08. The zero-order chi connectivity index (χ0) is 17.9. The molecule has 4 N–H and O–H groups in total. The number of hydrogen-bond donors (Lipinski definition) is 3. The number of phenolic OH excluding ortho intramolecular Hbond substituents is 1. The highest BCUT2D eigenvalue weighted by Crippen LogP contribution is 2.28. The lowest BCUT2D eigenvalue weighted by atomic mass is 10.2. The normalized spacial score (nSPS) is 11.7. The molecule has 0 radical (unpaired) electrons. The molecule has 0 saturated carbocycles. The van der Waals surface area contributed by atoms with Crippen molar-refractivity contribution in [3.05, 3.63) is 52.1 Å². The molecule has 0 spiro atoms. The summed E-state index contributed by atoms with van der Waals surface area (Å²) in [6.45, 7) is -0.0345. The highest BCUT2D eigenvalue weighted by atomic mass is 32.2. The van der Waals surface area contributed by atoms with Crippen molar-refractivity contribution in [2.45, 2.75) is 11.4 Å². The van der Waals surface area contributed by atoms with Crippen LogP contribution in [0.4, 0.5) is 11.4 Å². The van der Waals surface area contributed by atoms with Gasteiger partial charge in [-0.1, -0.05) is 5.75 Å². The Bertz CT molecular complexity index is 926. The van der Waals surface area contributed by atoms with Gasteiger partial charge in [0.2, 0.25) is 15.7 Å². The van der Waals surface area contributed by atoms with Gasteiger partial charge < -0.3 is 10.2 Å². The van der Waals surface area contributed by atoms with Crippen molar-refractivity contribution < 1.29 is 28.7 Å². The van der Waals surface area contributed by atoms with Gasteiger partial charge >= 0.3 is 5.69 Å². The van der Waals surface area contributed by atoms with Gasteiger partial charge in [-0.05, 0) is 35.4 Å². The van der Waals surface area contributed by atoms with Crippen LogP contribution in [0.5, 0.6) is 11.5 Å². The first-order chi connectivity index (χ1) is 11.2. The van der Waals surface area contributed by atoms with Gasteiger partial charge in [-0.3, -0.25) is 10.1 Å². The molecule has 0 unspecified atom stereocenters. The first-order valence-corrected chi connectivity index (χ1v) is 7.97. The van der Waals surface area contributed by atoms with Crippen LogP contribution in [0.2, 0.25) is 0 Å². The van der Waals surface area contributed by atoms with Crippen molar-refractivity contribution in [1.82, 2.24) is 0 Å². The topological polar surface area (TPSA) is 173 Å². The van der Waals surface area contributed by atoms with E-state index >= 15 is 0 Å². The standard InChI is InChI=1S/C13H12N4O6S/c14-24(22,23)10-3-4-11(12(6-10)17(20)21)16-15-7-8-1-2-9(18)5-13(8)19/h1-6,18-19H,7H2,(H2,14,22,23). The predicted molar refractivity (Wildman–Crippen MR) is 78.8 cm³/mol. The monoisotopic (exact) mass is 352 g/mol. The van der Waals surface area contributed by atoms with E-state index in [2.05, 4.69) is 10.2 Å². The second-order valence-corrected chi connectivity index (χ2v) is 6.25. The highest BCUT2D eigenvalue weighted by molar-refractivity contribution is 7.89. The van der Waals surface area contributed by atoms with E-state index in [0.29, 0.717) is 5.56 Å². The number of benzene rings is 2. The maximum absolute atomic E-state index is 11.6. The minimum absolute atomic E-state index is 0.0345. The molecular weight excluding hydrogens is 340 g/mol. The minimum Gasteiger partial charge on any atom is -0.872 e. The van der Waals surface area contributed by atoms with Crippen molar-refractivity contribution in [1.29, 1.82) is 0 Å². The van der Waals surface area contributed by atoms with Gasteiger partial charge in [0.15, 0.2) is 6.54 Å². The number of nitro groups is 1. The van der Waals surface area contributed by atoms with Gasteiger partial charge in [0.25, 0.3) is 0 Å². The molecule has 0 aliphatic heterocycles. The van der Waals surface area contributed by atoms with Crippen LogP contribution in [0.1, 0.15) is 5.56 Å². The van der Waals surface area contributed by atoms with Crippen LogP contribution in [-0.2, 0) is 16.6 Å². The molecule has 0 aromatic heterocycles. The van der Waals surface area contributed by atoms with Gasteiger partial charge in [-0.15, -0.1) is 5.11 Å². The first kappa shape index (κ1) is 17.3. The number of nitrogens with two attached hydrogens (primary N) is 1. The SMILES string of the molecule is NS(=O)(=O)c1ccc(N=[NH+]Cc2ccc(O)cc2[O-])c([N+](=O)[O-])c1. The number of nitrogens with one attached hydrogen (secondary N) is 1. The Morgan fingerprint density at radius 3 is 2.54 bits per heavy atom. The van der Waals surface area contributed by atoms with Crippen molar-refractivity contribution >= 4 is 21.4 Å². The maximum atomic E-state index is 11.6. The van der Waals surface area contributed by atoms with E-state index in [-0.39, 0.29) is 18.0 Å². The molecule has 126 valence electrons. The van der Waals surface area contributed by atoms with Crippen LogP contribution < -0.4 is 15.4 Å². The Hall–Kier alpha value is -3.05. The van der Waals surface area contributed by atoms with Crippen molar-refractivity contribution in [3.63, 3.8) is 0 Å². The van der Waals surface area contributed by atoms with Crippen LogP contribution >= 0.6 is 0 Å². The third-order valence-corrected chi connectivity index (χ3v) is 3.90. The predicted octanol–water partition coefficient (Wildman–Crippen LogP) is -0.614. The fraction of sp³-hybridized carbons (Fsp3) is 0.0769. The summed E-state index contributed by atoms with van der Waals surface area (Å²) in [7, 11) is -4.08. The zero-order valence-electron chi connectivity index (χ0n) is 12.0. The Kier molecular flexibility index (Phi) is 4.76. The van der Waals surface area contributed by atoms with Crippen molar-refractivity contribution in [2.24, 2.45) is 10.3 Å². The molecule has 0 aliphatic rings. The summed E-state index contributed by atoms with van der Waals surface area (Å²) < 4.78 is 22.5. The van der Waals surface area contributed by atoms with E-state index in [1.165, 1.54) is 12.1 Å². The van der Waals surface area contributed by atoms with E-state index in [1.54, 1.807) is 0 Å². The average Bonchev–Trinajstić information content (AvgIpc) is 2.48. The molecule has 0 atom stereocenters. The van der Waals surface area contributed by atoms with Gasteiger partial charge in [0.1, 0.15) is 5.75 Å². The molecule has 0 aliphatic carbocycles. The van der Waals surface area contributed by atoms with Crippen molar-refractivity contribution in [2.75, 3.05) is 0 Å². The summed E-state index contributed by atoms with van der Waals surface area (Å²) in [5.41, 5.74) is -0.388. The van der Waals surface area contributed by atoms with Gasteiger partial charge in [0.05, 0.1) is 9.82 Å². The van der Waals surface area contributed by atoms with Gasteiger partial charge in [0, 0.05) is 11.6 Å². The van der Waals surface area contributed by atoms with E-state index in [1.807, 2.05) is 0 Å². The van der Waals surface area contributed by atoms with Gasteiger partial charge in [-0.25, -0.2) is 13.6 Å².